The average Bonchev–Trinajstić information content (AvgIpc) is 2.28. The molecule has 94 valence electrons. The molecule has 17 heavy (non-hydrogen) atoms. The van der Waals surface area contributed by atoms with E-state index in [-0.39, 0.29) is 11.9 Å². The van der Waals surface area contributed by atoms with E-state index in [0.717, 1.165) is 23.6 Å². The van der Waals surface area contributed by atoms with Gasteiger partial charge in [0.1, 0.15) is 5.82 Å². The standard InChI is InChI=1S/C13H17ClFNS/c1-3-7-17-8-6-16-10(2)12-5-4-11(15)9-13(12)14/h3-5,9-10,16H,1,6-8H2,2H3. The van der Waals surface area contributed by atoms with Crippen LogP contribution in [-0.2, 0) is 0 Å². The molecule has 1 atom stereocenters. The minimum Gasteiger partial charge on any atom is -0.309 e. The fraction of sp³-hybridized carbons (Fsp3) is 0.385. The molecule has 0 fully saturated rings. The molecule has 1 rings (SSSR count). The Morgan fingerprint density at radius 3 is 3.00 bits per heavy atom. The summed E-state index contributed by atoms with van der Waals surface area (Å²) in [6, 6.07) is 4.65. The summed E-state index contributed by atoms with van der Waals surface area (Å²) in [6.45, 7) is 6.59. The van der Waals surface area contributed by atoms with Gasteiger partial charge in [-0.3, -0.25) is 0 Å². The van der Waals surface area contributed by atoms with Crippen LogP contribution >= 0.6 is 23.4 Å². The van der Waals surface area contributed by atoms with Crippen LogP contribution in [0.5, 0.6) is 0 Å². The van der Waals surface area contributed by atoms with Gasteiger partial charge in [-0.05, 0) is 24.6 Å². The zero-order chi connectivity index (χ0) is 12.7. The second-order valence-electron chi connectivity index (χ2n) is 3.71. The van der Waals surface area contributed by atoms with E-state index < -0.39 is 0 Å². The second-order valence-corrected chi connectivity index (χ2v) is 5.26. The van der Waals surface area contributed by atoms with E-state index in [4.69, 9.17) is 11.6 Å². The quantitative estimate of drug-likeness (QED) is 0.594. The summed E-state index contributed by atoms with van der Waals surface area (Å²) in [6.07, 6.45) is 1.89. The van der Waals surface area contributed by atoms with Crippen LogP contribution in [0.4, 0.5) is 4.39 Å². The molecule has 1 aromatic rings. The van der Waals surface area contributed by atoms with Gasteiger partial charge in [-0.1, -0.05) is 23.7 Å². The van der Waals surface area contributed by atoms with Crippen LogP contribution in [0.2, 0.25) is 5.02 Å². The molecular weight excluding hydrogens is 257 g/mol. The number of hydrogen-bond donors (Lipinski definition) is 1. The molecule has 0 saturated carbocycles. The first kappa shape index (κ1) is 14.6. The van der Waals surface area contributed by atoms with Crippen molar-refractivity contribution in [2.75, 3.05) is 18.1 Å². The van der Waals surface area contributed by atoms with Gasteiger partial charge in [0.2, 0.25) is 0 Å². The maximum atomic E-state index is 12.9. The van der Waals surface area contributed by atoms with E-state index in [0.29, 0.717) is 5.02 Å². The van der Waals surface area contributed by atoms with Gasteiger partial charge in [-0.15, -0.1) is 6.58 Å². The van der Waals surface area contributed by atoms with Gasteiger partial charge in [-0.2, -0.15) is 11.8 Å². The minimum atomic E-state index is -0.299. The van der Waals surface area contributed by atoms with Crippen molar-refractivity contribution in [1.82, 2.24) is 5.32 Å². The number of hydrogen-bond acceptors (Lipinski definition) is 2. The summed E-state index contributed by atoms with van der Waals surface area (Å²) in [5.74, 6) is 1.69. The lowest BCUT2D eigenvalue weighted by Crippen LogP contribution is -2.21. The highest BCUT2D eigenvalue weighted by atomic mass is 35.5. The number of halogens is 2. The summed E-state index contributed by atoms with van der Waals surface area (Å²) in [4.78, 5) is 0. The normalized spacial score (nSPS) is 12.4. The molecule has 0 aliphatic rings. The van der Waals surface area contributed by atoms with Crippen LogP contribution in [0.15, 0.2) is 30.9 Å². The maximum Gasteiger partial charge on any atom is 0.124 e. The highest BCUT2D eigenvalue weighted by molar-refractivity contribution is 7.99. The molecule has 0 aromatic heterocycles. The summed E-state index contributed by atoms with van der Waals surface area (Å²) in [5.41, 5.74) is 0.932. The molecule has 1 nitrogen and oxygen atoms in total. The topological polar surface area (TPSA) is 12.0 Å². The summed E-state index contributed by atoms with van der Waals surface area (Å²) >= 11 is 7.81. The van der Waals surface area contributed by atoms with Crippen molar-refractivity contribution in [3.8, 4) is 0 Å². The fourth-order valence-electron chi connectivity index (χ4n) is 1.48. The Kier molecular flexibility index (Phi) is 6.63. The van der Waals surface area contributed by atoms with Gasteiger partial charge in [0, 0.05) is 29.1 Å². The minimum absolute atomic E-state index is 0.132. The third-order valence-electron chi connectivity index (χ3n) is 2.36. The third kappa shape index (κ3) is 5.11. The Morgan fingerprint density at radius 1 is 1.59 bits per heavy atom. The van der Waals surface area contributed by atoms with E-state index >= 15 is 0 Å². The van der Waals surface area contributed by atoms with E-state index in [1.54, 1.807) is 6.07 Å². The molecule has 0 bridgehead atoms. The van der Waals surface area contributed by atoms with Crippen molar-refractivity contribution in [2.45, 2.75) is 13.0 Å². The molecule has 0 saturated heterocycles. The number of benzene rings is 1. The number of nitrogens with one attached hydrogen (secondary N) is 1. The molecule has 0 spiro atoms. The van der Waals surface area contributed by atoms with E-state index in [9.17, 15) is 4.39 Å². The number of rotatable bonds is 7. The fourth-order valence-corrected chi connectivity index (χ4v) is 2.40. The Balaban J connectivity index is 2.41. The first-order valence-corrected chi connectivity index (χ1v) is 7.05. The Labute approximate surface area is 111 Å². The first-order valence-electron chi connectivity index (χ1n) is 5.52. The van der Waals surface area contributed by atoms with Gasteiger partial charge < -0.3 is 5.32 Å². The lowest BCUT2D eigenvalue weighted by molar-refractivity contribution is 0.594. The van der Waals surface area contributed by atoms with Crippen LogP contribution in [0, 0.1) is 5.82 Å². The molecule has 0 aliphatic heterocycles. The summed E-state index contributed by atoms with van der Waals surface area (Å²) in [7, 11) is 0. The summed E-state index contributed by atoms with van der Waals surface area (Å²) in [5, 5.41) is 3.83. The van der Waals surface area contributed by atoms with Gasteiger partial charge in [0.15, 0.2) is 0 Å². The van der Waals surface area contributed by atoms with E-state index in [2.05, 4.69) is 11.9 Å². The van der Waals surface area contributed by atoms with Gasteiger partial charge in [-0.25, -0.2) is 4.39 Å². The van der Waals surface area contributed by atoms with Gasteiger partial charge in [0.25, 0.3) is 0 Å². The third-order valence-corrected chi connectivity index (χ3v) is 3.65. The molecule has 1 N–H and O–H groups in total. The van der Waals surface area contributed by atoms with Crippen molar-refractivity contribution in [2.24, 2.45) is 0 Å². The molecule has 0 heterocycles. The average molecular weight is 274 g/mol. The van der Waals surface area contributed by atoms with Crippen molar-refractivity contribution >= 4 is 23.4 Å². The molecular formula is C13H17ClFNS. The van der Waals surface area contributed by atoms with Crippen LogP contribution < -0.4 is 5.32 Å². The molecule has 0 radical (unpaired) electrons. The SMILES string of the molecule is C=CCSCCNC(C)c1ccc(F)cc1Cl. The molecule has 1 aromatic carbocycles. The van der Waals surface area contributed by atoms with Crippen LogP contribution in [0.1, 0.15) is 18.5 Å². The van der Waals surface area contributed by atoms with Crippen molar-refractivity contribution in [1.29, 1.82) is 0 Å². The van der Waals surface area contributed by atoms with E-state index in [1.807, 2.05) is 24.8 Å². The highest BCUT2D eigenvalue weighted by Crippen LogP contribution is 2.23. The largest absolute Gasteiger partial charge is 0.309 e. The molecule has 4 heteroatoms. The molecule has 0 aliphatic carbocycles. The van der Waals surface area contributed by atoms with Crippen molar-refractivity contribution in [3.05, 3.63) is 47.3 Å². The van der Waals surface area contributed by atoms with Crippen molar-refractivity contribution < 1.29 is 4.39 Å². The van der Waals surface area contributed by atoms with Crippen LogP contribution in [-0.4, -0.2) is 18.1 Å². The van der Waals surface area contributed by atoms with Crippen LogP contribution in [0.3, 0.4) is 0 Å². The van der Waals surface area contributed by atoms with Gasteiger partial charge >= 0.3 is 0 Å². The van der Waals surface area contributed by atoms with E-state index in [1.165, 1.54) is 12.1 Å². The molecule has 0 amide bonds. The predicted molar refractivity (Wildman–Crippen MR) is 75.3 cm³/mol. The Hall–Kier alpha value is -0.510. The lowest BCUT2D eigenvalue weighted by atomic mass is 10.1. The maximum absolute atomic E-state index is 12.9. The Bertz CT molecular complexity index is 370. The zero-order valence-corrected chi connectivity index (χ0v) is 11.5. The van der Waals surface area contributed by atoms with Gasteiger partial charge in [0.05, 0.1) is 0 Å². The zero-order valence-electron chi connectivity index (χ0n) is 9.88. The highest BCUT2D eigenvalue weighted by Gasteiger charge is 2.09. The predicted octanol–water partition coefficient (Wildman–Crippen LogP) is 4.05. The second kappa shape index (κ2) is 7.75. The first-order chi connectivity index (χ1) is 8.15. The van der Waals surface area contributed by atoms with Crippen molar-refractivity contribution in [3.63, 3.8) is 0 Å². The van der Waals surface area contributed by atoms with Crippen LogP contribution in [0.25, 0.3) is 0 Å². The summed E-state index contributed by atoms with van der Waals surface area (Å²) < 4.78 is 12.9. The number of thioether (sulfide) groups is 1. The monoisotopic (exact) mass is 273 g/mol. The lowest BCUT2D eigenvalue weighted by Gasteiger charge is -2.15. The smallest absolute Gasteiger partial charge is 0.124 e. The Morgan fingerprint density at radius 2 is 2.35 bits per heavy atom. The molecule has 1 unspecified atom stereocenters.